The molecule has 0 aliphatic carbocycles. The first-order valence-electron chi connectivity index (χ1n) is 9.99. The SMILES string of the molecule is C[Si](C)(C)OP(=O)(O[Si](C)(C)C)C(F)(F)C(F)(F)C(F)(F)P(=O)(O[Si](C)(C)C)O[Si](C)(C)C. The van der Waals surface area contributed by atoms with Crippen LogP contribution in [0, 0.1) is 0 Å². The molecule has 0 aromatic carbocycles. The van der Waals surface area contributed by atoms with E-state index in [9.17, 15) is 9.13 Å². The van der Waals surface area contributed by atoms with Gasteiger partial charge in [-0.25, -0.2) is 0 Å². The zero-order valence-electron chi connectivity index (χ0n) is 21.1. The van der Waals surface area contributed by atoms with Crippen LogP contribution in [-0.2, 0) is 26.0 Å². The summed E-state index contributed by atoms with van der Waals surface area (Å²) in [6, 6.07) is 0. The number of hydrogen-bond donors (Lipinski definition) is 0. The van der Waals surface area contributed by atoms with Gasteiger partial charge in [0.05, 0.1) is 0 Å². The summed E-state index contributed by atoms with van der Waals surface area (Å²) in [7, 11) is -25.6. The lowest BCUT2D eigenvalue weighted by Gasteiger charge is -2.43. The standard InChI is InChI=1S/C15H36F6O6P2Si4/c1-30(2,3)24-28(22,25-31(4,5)6)14(18,19)13(16,17)15(20,21)29(23,26-32(7,8)9)27-33(10,11)12/h1-12H3. The summed E-state index contributed by atoms with van der Waals surface area (Å²) in [6.07, 6.45) is 0. The third-order valence-electron chi connectivity index (χ3n) is 3.02. The maximum Gasteiger partial charge on any atom is 0.413 e. The molecule has 0 fully saturated rings. The lowest BCUT2D eigenvalue weighted by atomic mass is 10.3. The zero-order chi connectivity index (χ0) is 27.3. The highest BCUT2D eigenvalue weighted by Gasteiger charge is 2.86. The second-order valence-electron chi connectivity index (χ2n) is 11.5. The van der Waals surface area contributed by atoms with Gasteiger partial charge in [0.15, 0.2) is 33.3 Å². The lowest BCUT2D eigenvalue weighted by molar-refractivity contribution is -0.255. The first-order valence-corrected chi connectivity index (χ1v) is 26.7. The van der Waals surface area contributed by atoms with Crippen LogP contribution in [0.25, 0.3) is 0 Å². The Morgan fingerprint density at radius 2 is 0.606 bits per heavy atom. The van der Waals surface area contributed by atoms with Crippen molar-refractivity contribution in [3.05, 3.63) is 0 Å². The number of hydrogen-bond acceptors (Lipinski definition) is 6. The normalized spacial score (nSPS) is 16.3. The molecule has 0 saturated carbocycles. The van der Waals surface area contributed by atoms with Crippen molar-refractivity contribution in [2.45, 2.75) is 95.8 Å². The highest BCUT2D eigenvalue weighted by Crippen LogP contribution is 2.78. The molecule has 0 rings (SSSR count). The van der Waals surface area contributed by atoms with E-state index in [0.717, 1.165) is 0 Å². The molecule has 0 heterocycles. The van der Waals surface area contributed by atoms with Gasteiger partial charge in [0.25, 0.3) is 0 Å². The van der Waals surface area contributed by atoms with Crippen molar-refractivity contribution in [1.82, 2.24) is 0 Å². The molecule has 0 amide bonds. The van der Waals surface area contributed by atoms with Crippen LogP contribution in [0.4, 0.5) is 26.3 Å². The first kappa shape index (κ1) is 33.7. The maximum atomic E-state index is 15.3. The molecule has 0 aromatic heterocycles. The molecular formula is C15H36F6O6P2Si4. The summed E-state index contributed by atoms with van der Waals surface area (Å²) in [5.41, 5.74) is -12.1. The summed E-state index contributed by atoms with van der Waals surface area (Å²) in [5.74, 6) is -6.47. The first-order chi connectivity index (χ1) is 13.8. The Hall–Kier alpha value is 0.748. The van der Waals surface area contributed by atoms with E-state index >= 15 is 26.3 Å². The summed E-state index contributed by atoms with van der Waals surface area (Å²) < 4.78 is 137. The minimum Gasteiger partial charge on any atom is -0.347 e. The Balaban J connectivity index is 7.04. The highest BCUT2D eigenvalue weighted by atomic mass is 31.2. The predicted molar refractivity (Wildman–Crippen MR) is 128 cm³/mol. The molecule has 200 valence electrons. The highest BCUT2D eigenvalue weighted by molar-refractivity contribution is 7.59. The van der Waals surface area contributed by atoms with Crippen LogP contribution in [0.2, 0.25) is 78.6 Å². The van der Waals surface area contributed by atoms with Gasteiger partial charge in [0.1, 0.15) is 0 Å². The smallest absolute Gasteiger partial charge is 0.347 e. The number of halogens is 6. The number of alkyl halides is 6. The number of rotatable bonds is 12. The Kier molecular flexibility index (Phi) is 9.78. The fraction of sp³-hybridized carbons (Fsp3) is 1.00. The second kappa shape index (κ2) is 9.56. The van der Waals surface area contributed by atoms with Gasteiger partial charge in [-0.2, -0.15) is 26.3 Å². The third kappa shape index (κ3) is 8.39. The average molecular weight is 601 g/mol. The third-order valence-corrected chi connectivity index (χ3v) is 17.6. The maximum absolute atomic E-state index is 15.3. The van der Waals surface area contributed by atoms with Crippen LogP contribution >= 0.6 is 15.2 Å². The lowest BCUT2D eigenvalue weighted by Crippen LogP contribution is -2.56. The van der Waals surface area contributed by atoms with E-state index in [-0.39, 0.29) is 0 Å². The molecule has 0 spiro atoms. The van der Waals surface area contributed by atoms with E-state index in [0.29, 0.717) is 0 Å². The van der Waals surface area contributed by atoms with Gasteiger partial charge >= 0.3 is 32.4 Å². The van der Waals surface area contributed by atoms with E-state index in [1.54, 1.807) is 0 Å². The van der Waals surface area contributed by atoms with Gasteiger partial charge < -0.3 is 16.9 Å². The van der Waals surface area contributed by atoms with E-state index in [2.05, 4.69) is 0 Å². The molecule has 33 heavy (non-hydrogen) atoms. The minimum absolute atomic E-state index is 1.26. The largest absolute Gasteiger partial charge is 0.413 e. The molecule has 0 bridgehead atoms. The molecule has 0 aromatic rings. The van der Waals surface area contributed by atoms with Crippen molar-refractivity contribution < 1.29 is 52.3 Å². The van der Waals surface area contributed by atoms with Crippen LogP contribution < -0.4 is 0 Å². The summed E-state index contributed by atoms with van der Waals surface area (Å²) in [6.45, 7) is 15.1. The van der Waals surface area contributed by atoms with Gasteiger partial charge in [-0.1, -0.05) is 0 Å². The molecule has 6 nitrogen and oxygen atoms in total. The quantitative estimate of drug-likeness (QED) is 0.127. The molecular weight excluding hydrogens is 564 g/mol. The summed E-state index contributed by atoms with van der Waals surface area (Å²) in [4.78, 5) is 0. The van der Waals surface area contributed by atoms with Crippen molar-refractivity contribution in [3.63, 3.8) is 0 Å². The summed E-state index contributed by atoms with van der Waals surface area (Å²) in [5, 5.41) is 0. The fourth-order valence-electron chi connectivity index (χ4n) is 2.23. The van der Waals surface area contributed by atoms with E-state index < -0.39 is 65.7 Å². The van der Waals surface area contributed by atoms with E-state index in [4.69, 9.17) is 16.9 Å². The van der Waals surface area contributed by atoms with Crippen LogP contribution in [0.15, 0.2) is 0 Å². The molecule has 0 aliphatic rings. The van der Waals surface area contributed by atoms with Gasteiger partial charge in [0, 0.05) is 0 Å². The van der Waals surface area contributed by atoms with Gasteiger partial charge in [0.2, 0.25) is 0 Å². The molecule has 0 unspecified atom stereocenters. The minimum atomic E-state index is -6.47. The molecule has 0 radical (unpaired) electrons. The monoisotopic (exact) mass is 600 g/mol. The molecule has 18 heteroatoms. The molecule has 0 saturated heterocycles. The van der Waals surface area contributed by atoms with Crippen molar-refractivity contribution in [2.24, 2.45) is 0 Å². The summed E-state index contributed by atoms with van der Waals surface area (Å²) >= 11 is 0. The fourth-order valence-corrected chi connectivity index (χ4v) is 17.6. The molecule has 0 aliphatic heterocycles. The van der Waals surface area contributed by atoms with Crippen molar-refractivity contribution in [1.29, 1.82) is 0 Å². The van der Waals surface area contributed by atoms with Crippen LogP contribution in [0.1, 0.15) is 0 Å². The van der Waals surface area contributed by atoms with Crippen LogP contribution in [0.3, 0.4) is 0 Å². The Bertz CT molecular complexity index is 699. The van der Waals surface area contributed by atoms with Crippen LogP contribution in [-0.4, -0.2) is 50.5 Å². The van der Waals surface area contributed by atoms with Gasteiger partial charge in [-0.3, -0.25) is 9.13 Å². The van der Waals surface area contributed by atoms with Gasteiger partial charge in [-0.15, -0.1) is 0 Å². The average Bonchev–Trinajstić information content (AvgIpc) is 2.37. The molecule has 0 atom stereocenters. The zero-order valence-corrected chi connectivity index (χ0v) is 26.9. The van der Waals surface area contributed by atoms with E-state index in [1.807, 2.05) is 0 Å². The Labute approximate surface area is 196 Å². The van der Waals surface area contributed by atoms with E-state index in [1.165, 1.54) is 78.6 Å². The topological polar surface area (TPSA) is 71.1 Å². The Morgan fingerprint density at radius 3 is 0.727 bits per heavy atom. The van der Waals surface area contributed by atoms with Crippen molar-refractivity contribution in [3.8, 4) is 0 Å². The predicted octanol–water partition coefficient (Wildman–Crippen LogP) is 8.60. The van der Waals surface area contributed by atoms with Gasteiger partial charge in [-0.05, 0) is 78.6 Å². The Morgan fingerprint density at radius 1 is 0.455 bits per heavy atom. The molecule has 0 N–H and O–H groups in total. The van der Waals surface area contributed by atoms with Crippen LogP contribution in [0.5, 0.6) is 0 Å². The van der Waals surface area contributed by atoms with Crippen molar-refractivity contribution in [2.75, 3.05) is 0 Å². The van der Waals surface area contributed by atoms with Crippen molar-refractivity contribution >= 4 is 48.5 Å². The second-order valence-corrected chi connectivity index (χ2v) is 34.4.